The van der Waals surface area contributed by atoms with E-state index in [1.54, 1.807) is 0 Å². The normalized spacial score (nSPS) is 13.7. The van der Waals surface area contributed by atoms with E-state index >= 15 is 0 Å². The number of benzene rings is 13. The van der Waals surface area contributed by atoms with Gasteiger partial charge in [0.25, 0.3) is 0 Å². The Hall–Kier alpha value is -10.7. The minimum Gasteiger partial charge on any atom is -0.457 e. The predicted molar refractivity (Wildman–Crippen MR) is 338 cm³/mol. The molecule has 0 bridgehead atoms. The van der Waals surface area contributed by atoms with E-state index in [0.29, 0.717) is 0 Å². The highest BCUT2D eigenvalue weighted by atomic mass is 16.5. The van der Waals surface area contributed by atoms with E-state index in [-0.39, 0.29) is 0 Å². The molecule has 17 rings (SSSR count). The smallest absolute Gasteiger partial charge is 0.132 e. The Morgan fingerprint density at radius 2 is 0.506 bits per heavy atom. The Labute approximate surface area is 483 Å². The van der Waals surface area contributed by atoms with Crippen LogP contribution < -0.4 is 14.4 Å². The minimum atomic E-state index is -0.528. The van der Waals surface area contributed by atoms with E-state index in [0.717, 1.165) is 90.1 Å². The Bertz CT molecular complexity index is 4430. The van der Waals surface area contributed by atoms with Gasteiger partial charge in [0.1, 0.15) is 23.0 Å². The van der Waals surface area contributed by atoms with Crippen molar-refractivity contribution in [2.24, 2.45) is 0 Å². The standard InChI is InChI=1S/C80H51NO2/c1-2-19-52(20-3-1)54-21-16-22-55(47-54)53-39-43-60(44-40-53)81(61-25-17-23-56(48-61)58-41-45-69-65(50-58)63-27-4-6-29-67(63)79(69)71-31-8-12-35-75(71)82-76-36-13-9-32-72(76)79)62-26-18-24-57(49-62)59-42-46-70-66(51-59)64-28-5-7-30-68(64)80(70)73-33-10-14-37-77(73)83-78-38-15-11-34-74(78)80/h1-51H. The van der Waals surface area contributed by atoms with Crippen LogP contribution in [0.5, 0.6) is 23.0 Å². The average Bonchev–Trinajstić information content (AvgIpc) is 1.99. The van der Waals surface area contributed by atoms with Gasteiger partial charge in [0.15, 0.2) is 0 Å². The summed E-state index contributed by atoms with van der Waals surface area (Å²) in [4.78, 5) is 2.41. The molecule has 13 aromatic carbocycles. The second-order valence-electron chi connectivity index (χ2n) is 22.2. The number of fused-ring (bicyclic) bond motifs is 18. The molecule has 0 atom stereocenters. The highest BCUT2D eigenvalue weighted by Gasteiger charge is 2.52. The van der Waals surface area contributed by atoms with Crippen LogP contribution in [0.1, 0.15) is 44.5 Å². The van der Waals surface area contributed by atoms with Crippen LogP contribution in [0, 0.1) is 0 Å². The SMILES string of the molecule is c1ccc(-c2cccc(-c3ccc(N(c4cccc(-c5ccc6c(c5)-c5ccccc5C65c6ccccc6Oc6ccccc65)c4)c4cccc(-c5ccc6c(c5)-c5ccccc5C65c6ccccc6Oc6ccccc65)c4)cc3)c2)cc1. The Balaban J connectivity index is 0.800. The van der Waals surface area contributed by atoms with Crippen molar-refractivity contribution < 1.29 is 9.47 Å². The van der Waals surface area contributed by atoms with Crippen molar-refractivity contribution in [1.29, 1.82) is 0 Å². The first-order valence-electron chi connectivity index (χ1n) is 28.6. The number of para-hydroxylation sites is 4. The van der Waals surface area contributed by atoms with Crippen LogP contribution in [0.15, 0.2) is 309 Å². The molecule has 0 aromatic heterocycles. The van der Waals surface area contributed by atoms with E-state index < -0.39 is 10.8 Å². The maximum atomic E-state index is 6.64. The second-order valence-corrected chi connectivity index (χ2v) is 22.2. The summed E-state index contributed by atoms with van der Waals surface area (Å²) in [6.07, 6.45) is 0. The van der Waals surface area contributed by atoms with Crippen LogP contribution in [-0.4, -0.2) is 0 Å². The largest absolute Gasteiger partial charge is 0.457 e. The van der Waals surface area contributed by atoms with Crippen molar-refractivity contribution in [3.63, 3.8) is 0 Å². The van der Waals surface area contributed by atoms with E-state index in [1.807, 2.05) is 0 Å². The number of ether oxygens (including phenoxy) is 2. The summed E-state index contributed by atoms with van der Waals surface area (Å²) in [6.45, 7) is 0. The van der Waals surface area contributed by atoms with Crippen molar-refractivity contribution >= 4 is 17.1 Å². The topological polar surface area (TPSA) is 21.7 Å². The minimum absolute atomic E-state index is 0.528. The molecule has 3 heteroatoms. The fourth-order valence-corrected chi connectivity index (χ4v) is 14.5. The molecular formula is C80H51NO2. The molecule has 2 spiro atoms. The molecule has 0 fully saturated rings. The lowest BCUT2D eigenvalue weighted by atomic mass is 9.66. The van der Waals surface area contributed by atoms with Crippen molar-refractivity contribution in [3.05, 3.63) is 354 Å². The summed E-state index contributed by atoms with van der Waals surface area (Å²) >= 11 is 0. The summed E-state index contributed by atoms with van der Waals surface area (Å²) in [7, 11) is 0. The molecule has 3 nitrogen and oxygen atoms in total. The molecule has 2 heterocycles. The predicted octanol–water partition coefficient (Wildman–Crippen LogP) is 20.8. The molecular weight excluding hydrogens is 1010 g/mol. The van der Waals surface area contributed by atoms with Crippen molar-refractivity contribution in [2.45, 2.75) is 10.8 Å². The van der Waals surface area contributed by atoms with Crippen LogP contribution in [-0.2, 0) is 10.8 Å². The number of nitrogens with zero attached hydrogens (tertiary/aromatic N) is 1. The molecule has 13 aromatic rings. The van der Waals surface area contributed by atoms with Gasteiger partial charge in [-0.05, 0) is 168 Å². The van der Waals surface area contributed by atoms with Crippen molar-refractivity contribution in [1.82, 2.24) is 0 Å². The Morgan fingerprint density at radius 1 is 0.193 bits per heavy atom. The fraction of sp³-hybridized carbons (Fsp3) is 0.0250. The highest BCUT2D eigenvalue weighted by Crippen LogP contribution is 2.64. The van der Waals surface area contributed by atoms with Crippen LogP contribution in [0.2, 0.25) is 0 Å². The van der Waals surface area contributed by atoms with Gasteiger partial charge in [0.2, 0.25) is 0 Å². The van der Waals surface area contributed by atoms with Gasteiger partial charge in [0, 0.05) is 39.3 Å². The van der Waals surface area contributed by atoms with Crippen LogP contribution >= 0.6 is 0 Å². The van der Waals surface area contributed by atoms with Gasteiger partial charge < -0.3 is 14.4 Å². The average molecular weight is 1060 g/mol. The fourth-order valence-electron chi connectivity index (χ4n) is 14.5. The van der Waals surface area contributed by atoms with Crippen LogP contribution in [0.3, 0.4) is 0 Å². The van der Waals surface area contributed by atoms with Gasteiger partial charge in [-0.3, -0.25) is 0 Å². The van der Waals surface area contributed by atoms with E-state index in [4.69, 9.17) is 9.47 Å². The number of anilines is 3. The number of hydrogen-bond acceptors (Lipinski definition) is 3. The second kappa shape index (κ2) is 18.4. The van der Waals surface area contributed by atoms with Gasteiger partial charge in [-0.1, -0.05) is 231 Å². The molecule has 0 unspecified atom stereocenters. The third kappa shape index (κ3) is 6.98. The molecule has 0 saturated heterocycles. The maximum absolute atomic E-state index is 6.64. The van der Waals surface area contributed by atoms with Gasteiger partial charge in [-0.15, -0.1) is 0 Å². The molecule has 0 radical (unpaired) electrons. The molecule has 83 heavy (non-hydrogen) atoms. The van der Waals surface area contributed by atoms with E-state index in [9.17, 15) is 0 Å². The van der Waals surface area contributed by atoms with Crippen molar-refractivity contribution in [2.75, 3.05) is 4.90 Å². The van der Waals surface area contributed by atoms with E-state index in [2.05, 4.69) is 314 Å². The van der Waals surface area contributed by atoms with Crippen LogP contribution in [0.25, 0.3) is 66.8 Å². The number of hydrogen-bond donors (Lipinski definition) is 0. The first-order chi connectivity index (χ1) is 41.1. The van der Waals surface area contributed by atoms with Gasteiger partial charge in [0.05, 0.1) is 10.8 Å². The summed E-state index contributed by atoms with van der Waals surface area (Å²) in [5, 5.41) is 0. The first kappa shape index (κ1) is 47.1. The Morgan fingerprint density at radius 3 is 0.952 bits per heavy atom. The molecule has 2 aliphatic carbocycles. The zero-order valence-electron chi connectivity index (χ0n) is 45.2. The maximum Gasteiger partial charge on any atom is 0.132 e. The summed E-state index contributed by atoms with van der Waals surface area (Å²) in [5.41, 5.74) is 26.1. The van der Waals surface area contributed by atoms with Gasteiger partial charge in [-0.25, -0.2) is 0 Å². The molecule has 388 valence electrons. The van der Waals surface area contributed by atoms with Crippen molar-refractivity contribution in [3.8, 4) is 89.8 Å². The molecule has 0 N–H and O–H groups in total. The van der Waals surface area contributed by atoms with Gasteiger partial charge >= 0.3 is 0 Å². The molecule has 0 amide bonds. The third-order valence-corrected chi connectivity index (χ3v) is 18.0. The zero-order chi connectivity index (χ0) is 54.6. The lowest BCUT2D eigenvalue weighted by Crippen LogP contribution is -2.32. The summed E-state index contributed by atoms with van der Waals surface area (Å²) in [6, 6.07) is 113. The molecule has 2 aliphatic heterocycles. The van der Waals surface area contributed by atoms with Crippen LogP contribution in [0.4, 0.5) is 17.1 Å². The third-order valence-electron chi connectivity index (χ3n) is 18.0. The first-order valence-corrected chi connectivity index (χ1v) is 28.6. The Kier molecular flexibility index (Phi) is 10.4. The lowest BCUT2D eigenvalue weighted by molar-refractivity contribution is 0.436. The monoisotopic (exact) mass is 1060 g/mol. The lowest BCUT2D eigenvalue weighted by Gasteiger charge is -2.39. The summed E-state index contributed by atoms with van der Waals surface area (Å²) in [5.74, 6) is 3.58. The quantitative estimate of drug-likeness (QED) is 0.159. The zero-order valence-corrected chi connectivity index (χ0v) is 45.2. The molecule has 0 saturated carbocycles. The molecule has 4 aliphatic rings. The highest BCUT2D eigenvalue weighted by molar-refractivity contribution is 5.94. The summed E-state index contributed by atoms with van der Waals surface area (Å²) < 4.78 is 13.3. The van der Waals surface area contributed by atoms with E-state index in [1.165, 1.54) is 61.2 Å². The van der Waals surface area contributed by atoms with Gasteiger partial charge in [-0.2, -0.15) is 0 Å². The number of rotatable bonds is 7.